The summed E-state index contributed by atoms with van der Waals surface area (Å²) in [4.78, 5) is 26.3. The van der Waals surface area contributed by atoms with Crippen molar-refractivity contribution >= 4 is 5.91 Å². The highest BCUT2D eigenvalue weighted by molar-refractivity contribution is 5.94. The number of hydrogen-bond donors (Lipinski definition) is 3. The predicted molar refractivity (Wildman–Crippen MR) is 88.1 cm³/mol. The third kappa shape index (κ3) is 3.62. The number of nitrogens with zero attached hydrogens (tertiary/aromatic N) is 3. The molecular weight excluding hydrogens is 326 g/mol. The molecule has 3 rings (SSSR count). The lowest BCUT2D eigenvalue weighted by Gasteiger charge is -2.35. The second kappa shape index (κ2) is 7.58. The van der Waals surface area contributed by atoms with Crippen molar-refractivity contribution in [3.8, 4) is 0 Å². The largest absolute Gasteiger partial charge is 0.388 e. The fourth-order valence-electron chi connectivity index (χ4n) is 3.00. The molecule has 0 aliphatic heterocycles. The molecule has 2 aromatic rings. The summed E-state index contributed by atoms with van der Waals surface area (Å²) >= 11 is 0. The Hall–Kier alpha value is -2.52. The Kier molecular flexibility index (Phi) is 5.25. The molecule has 0 spiro atoms. The number of amides is 1. The van der Waals surface area contributed by atoms with Gasteiger partial charge in [-0.1, -0.05) is 0 Å². The minimum atomic E-state index is -0.400. The molecule has 1 saturated carbocycles. The lowest BCUT2D eigenvalue weighted by Crippen LogP contribution is -2.45. The van der Waals surface area contributed by atoms with Gasteiger partial charge in [-0.15, -0.1) is 10.2 Å². The van der Waals surface area contributed by atoms with Crippen LogP contribution in [-0.4, -0.2) is 50.5 Å². The zero-order chi connectivity index (χ0) is 17.8. The number of hydrogen-bond acceptors (Lipinski definition) is 6. The molecule has 1 aliphatic carbocycles. The van der Waals surface area contributed by atoms with Gasteiger partial charge in [0.2, 0.25) is 0 Å². The van der Waals surface area contributed by atoms with Crippen LogP contribution in [0.5, 0.6) is 0 Å². The summed E-state index contributed by atoms with van der Waals surface area (Å²) in [5.41, 5.74) is -0.292. The second-order valence-electron chi connectivity index (χ2n) is 6.03. The number of rotatable bonds is 7. The Bertz CT molecular complexity index is 794. The first-order valence-corrected chi connectivity index (χ1v) is 8.14. The number of nitrogens with one attached hydrogen (secondary N) is 2. The molecule has 0 saturated heterocycles. The number of ether oxygens (including phenoxy) is 1. The van der Waals surface area contributed by atoms with Gasteiger partial charge in [-0.05, 0) is 25.0 Å². The normalized spacial score (nSPS) is 19.4. The van der Waals surface area contributed by atoms with Gasteiger partial charge in [0.15, 0.2) is 5.82 Å². The number of aromatic amines is 1. The highest BCUT2D eigenvalue weighted by atomic mass is 16.5. The van der Waals surface area contributed by atoms with Gasteiger partial charge >= 0.3 is 0 Å². The van der Waals surface area contributed by atoms with Crippen molar-refractivity contribution in [1.82, 2.24) is 25.1 Å². The van der Waals surface area contributed by atoms with Crippen molar-refractivity contribution in [2.75, 3.05) is 13.7 Å². The van der Waals surface area contributed by atoms with Crippen molar-refractivity contribution in [2.24, 2.45) is 0 Å². The van der Waals surface area contributed by atoms with Crippen molar-refractivity contribution in [3.05, 3.63) is 45.9 Å². The van der Waals surface area contributed by atoms with Crippen LogP contribution in [-0.2, 0) is 17.9 Å². The standard InChI is InChI=1S/C16H21N5O4/c1-25-6-5-21-13(9-22)19-20-14(21)10-7-11(8-10)18-16(24)12-3-2-4-17-15(12)23/h2-4,10-11,22H,5-9H2,1H3,(H,17,23)(H,18,24). The second-order valence-corrected chi connectivity index (χ2v) is 6.03. The van der Waals surface area contributed by atoms with Gasteiger partial charge in [-0.2, -0.15) is 0 Å². The zero-order valence-corrected chi connectivity index (χ0v) is 13.9. The molecule has 0 aromatic carbocycles. The van der Waals surface area contributed by atoms with Crippen molar-refractivity contribution < 1.29 is 14.6 Å². The molecule has 1 amide bonds. The van der Waals surface area contributed by atoms with E-state index in [1.807, 2.05) is 4.57 Å². The Morgan fingerprint density at radius 3 is 2.96 bits per heavy atom. The highest BCUT2D eigenvalue weighted by Crippen LogP contribution is 2.36. The van der Waals surface area contributed by atoms with E-state index >= 15 is 0 Å². The Balaban J connectivity index is 1.61. The molecule has 9 nitrogen and oxygen atoms in total. The number of pyridine rings is 1. The predicted octanol–water partition coefficient (Wildman–Crippen LogP) is -0.219. The summed E-state index contributed by atoms with van der Waals surface area (Å²) in [6, 6.07) is 3.11. The van der Waals surface area contributed by atoms with Crippen LogP contribution in [0.4, 0.5) is 0 Å². The Morgan fingerprint density at radius 2 is 2.28 bits per heavy atom. The lowest BCUT2D eigenvalue weighted by molar-refractivity contribution is 0.0904. The van der Waals surface area contributed by atoms with Crippen molar-refractivity contribution in [1.29, 1.82) is 0 Å². The molecule has 0 unspecified atom stereocenters. The van der Waals surface area contributed by atoms with E-state index < -0.39 is 5.56 Å². The van der Waals surface area contributed by atoms with Gasteiger partial charge in [0.25, 0.3) is 11.5 Å². The maximum Gasteiger partial charge on any atom is 0.260 e. The number of aliphatic hydroxyl groups is 1. The van der Waals surface area contributed by atoms with Crippen LogP contribution >= 0.6 is 0 Å². The van der Waals surface area contributed by atoms with Gasteiger partial charge in [-0.3, -0.25) is 9.59 Å². The van der Waals surface area contributed by atoms with Crippen LogP contribution in [0, 0.1) is 0 Å². The summed E-state index contributed by atoms with van der Waals surface area (Å²) in [7, 11) is 1.61. The smallest absolute Gasteiger partial charge is 0.260 e. The molecule has 0 atom stereocenters. The number of methoxy groups -OCH3 is 1. The first-order chi connectivity index (χ1) is 12.1. The molecule has 134 valence electrons. The van der Waals surface area contributed by atoms with Crippen LogP contribution in [0.25, 0.3) is 0 Å². The SMILES string of the molecule is COCCn1c(CO)nnc1C1CC(NC(=O)c2ccc[nH]c2=O)C1. The molecule has 0 bridgehead atoms. The van der Waals surface area contributed by atoms with Crippen LogP contribution in [0.2, 0.25) is 0 Å². The van der Waals surface area contributed by atoms with Crippen molar-refractivity contribution in [2.45, 2.75) is 38.0 Å². The van der Waals surface area contributed by atoms with Gasteiger partial charge in [0.1, 0.15) is 18.0 Å². The van der Waals surface area contributed by atoms with Crippen LogP contribution < -0.4 is 10.9 Å². The van der Waals surface area contributed by atoms with Gasteiger partial charge in [0.05, 0.1) is 6.61 Å². The molecule has 9 heteroatoms. The van der Waals surface area contributed by atoms with Crippen molar-refractivity contribution in [3.63, 3.8) is 0 Å². The molecule has 2 heterocycles. The summed E-state index contributed by atoms with van der Waals surface area (Å²) < 4.78 is 6.96. The quantitative estimate of drug-likeness (QED) is 0.636. The summed E-state index contributed by atoms with van der Waals surface area (Å²) in [6.45, 7) is 0.893. The van der Waals surface area contributed by atoms with E-state index in [-0.39, 0.29) is 30.0 Å². The van der Waals surface area contributed by atoms with E-state index in [1.54, 1.807) is 13.2 Å². The molecule has 1 aliphatic rings. The first-order valence-electron chi connectivity index (χ1n) is 8.14. The molecule has 25 heavy (non-hydrogen) atoms. The number of aliphatic hydroxyl groups excluding tert-OH is 1. The van der Waals surface area contributed by atoms with E-state index in [2.05, 4.69) is 20.5 Å². The fraction of sp³-hybridized carbons (Fsp3) is 0.500. The topological polar surface area (TPSA) is 122 Å². The Morgan fingerprint density at radius 1 is 1.48 bits per heavy atom. The van der Waals surface area contributed by atoms with Gasteiger partial charge in [0, 0.05) is 31.8 Å². The molecular formula is C16H21N5O4. The average molecular weight is 347 g/mol. The van der Waals surface area contributed by atoms with E-state index in [9.17, 15) is 14.7 Å². The van der Waals surface area contributed by atoms with Gasteiger partial charge < -0.3 is 24.7 Å². The first kappa shape index (κ1) is 17.3. The molecule has 3 N–H and O–H groups in total. The minimum absolute atomic E-state index is 0.0118. The van der Waals surface area contributed by atoms with E-state index in [0.717, 1.165) is 5.82 Å². The lowest BCUT2D eigenvalue weighted by atomic mass is 9.79. The third-order valence-electron chi connectivity index (χ3n) is 4.42. The molecule has 1 fully saturated rings. The van der Waals surface area contributed by atoms with E-state index in [4.69, 9.17) is 4.74 Å². The summed E-state index contributed by atoms with van der Waals surface area (Å²) in [5, 5.41) is 20.4. The molecule has 2 aromatic heterocycles. The molecule has 0 radical (unpaired) electrons. The van der Waals surface area contributed by atoms with E-state index in [1.165, 1.54) is 12.3 Å². The minimum Gasteiger partial charge on any atom is -0.388 e. The van der Waals surface area contributed by atoms with Crippen LogP contribution in [0.1, 0.15) is 40.8 Å². The Labute approximate surface area is 144 Å². The number of carbonyl (C=O) groups excluding carboxylic acids is 1. The fourth-order valence-corrected chi connectivity index (χ4v) is 3.00. The summed E-state index contributed by atoms with van der Waals surface area (Å²) in [6.07, 6.45) is 2.92. The maximum atomic E-state index is 12.2. The van der Waals surface area contributed by atoms with Crippen LogP contribution in [0.15, 0.2) is 23.1 Å². The average Bonchev–Trinajstić information content (AvgIpc) is 2.98. The third-order valence-corrected chi connectivity index (χ3v) is 4.42. The summed E-state index contributed by atoms with van der Waals surface area (Å²) in [5.74, 6) is 1.09. The maximum absolute atomic E-state index is 12.2. The van der Waals surface area contributed by atoms with Crippen LogP contribution in [0.3, 0.4) is 0 Å². The van der Waals surface area contributed by atoms with Gasteiger partial charge in [-0.25, -0.2) is 0 Å². The van der Waals surface area contributed by atoms with E-state index in [0.29, 0.717) is 31.8 Å². The highest BCUT2D eigenvalue weighted by Gasteiger charge is 2.35. The zero-order valence-electron chi connectivity index (χ0n) is 13.9. The number of H-pyrrole nitrogens is 1. The number of carbonyl (C=O) groups is 1. The number of aromatic nitrogens is 4. The monoisotopic (exact) mass is 347 g/mol.